The van der Waals surface area contributed by atoms with Crippen molar-refractivity contribution in [2.24, 2.45) is 0 Å². The van der Waals surface area contributed by atoms with Crippen molar-refractivity contribution < 1.29 is 19.1 Å². The molecule has 5 rings (SSSR count). The Morgan fingerprint density at radius 3 is 2.47 bits per heavy atom. The minimum Gasteiger partial charge on any atom is -0.456 e. The molecule has 0 saturated carbocycles. The van der Waals surface area contributed by atoms with Gasteiger partial charge in [-0.05, 0) is 55.3 Å². The van der Waals surface area contributed by atoms with E-state index >= 15 is 0 Å². The van der Waals surface area contributed by atoms with Crippen LogP contribution < -0.4 is 4.90 Å². The Morgan fingerprint density at radius 1 is 0.938 bits per heavy atom. The number of aromatic nitrogens is 2. The Morgan fingerprint density at radius 2 is 1.69 bits per heavy atom. The number of aryl methyl sites for hydroxylation is 2. The van der Waals surface area contributed by atoms with Crippen molar-refractivity contribution in [3.63, 3.8) is 0 Å². The predicted molar refractivity (Wildman–Crippen MR) is 118 cm³/mol. The van der Waals surface area contributed by atoms with E-state index in [9.17, 15) is 14.4 Å². The summed E-state index contributed by atoms with van der Waals surface area (Å²) in [5, 5.41) is 0. The number of ether oxygens (including phenoxy) is 1. The van der Waals surface area contributed by atoms with Crippen molar-refractivity contribution in [2.45, 2.75) is 20.5 Å². The Hall–Kier alpha value is -4.26. The van der Waals surface area contributed by atoms with E-state index in [1.807, 2.05) is 48.7 Å². The summed E-state index contributed by atoms with van der Waals surface area (Å²) in [7, 11) is 0. The monoisotopic (exact) mass is 425 g/mol. The van der Waals surface area contributed by atoms with Gasteiger partial charge in [0, 0.05) is 12.4 Å². The second kappa shape index (κ2) is 7.46. The molecule has 0 atom stereocenters. The third kappa shape index (κ3) is 3.15. The molecule has 32 heavy (non-hydrogen) atoms. The minimum atomic E-state index is -0.587. The second-order valence-corrected chi connectivity index (χ2v) is 7.72. The zero-order valence-electron chi connectivity index (χ0n) is 17.5. The van der Waals surface area contributed by atoms with Gasteiger partial charge in [0.15, 0.2) is 0 Å². The summed E-state index contributed by atoms with van der Waals surface area (Å²) in [6.45, 7) is 3.79. The van der Waals surface area contributed by atoms with E-state index < -0.39 is 17.8 Å². The lowest BCUT2D eigenvalue weighted by atomic mass is 10.1. The Kier molecular flexibility index (Phi) is 4.59. The lowest BCUT2D eigenvalue weighted by Gasteiger charge is -2.16. The molecule has 0 radical (unpaired) electrons. The third-order valence-electron chi connectivity index (χ3n) is 5.56. The number of anilines is 1. The Balaban J connectivity index is 1.37. The summed E-state index contributed by atoms with van der Waals surface area (Å²) in [4.78, 5) is 44.1. The molecule has 0 saturated heterocycles. The Labute approximate surface area is 183 Å². The van der Waals surface area contributed by atoms with E-state index in [1.165, 1.54) is 18.2 Å². The number of benzene rings is 2. The predicted octanol–water partition coefficient (Wildman–Crippen LogP) is 4.11. The number of nitrogens with zero attached hydrogens (tertiary/aromatic N) is 3. The zero-order valence-corrected chi connectivity index (χ0v) is 17.5. The first-order valence-corrected chi connectivity index (χ1v) is 10.1. The molecule has 2 aromatic carbocycles. The van der Waals surface area contributed by atoms with E-state index in [0.717, 1.165) is 21.7 Å². The van der Waals surface area contributed by atoms with Crippen LogP contribution in [0.15, 0.2) is 67.0 Å². The van der Waals surface area contributed by atoms with E-state index in [2.05, 4.69) is 4.98 Å². The van der Waals surface area contributed by atoms with Crippen LogP contribution in [0, 0.1) is 13.8 Å². The third-order valence-corrected chi connectivity index (χ3v) is 5.56. The van der Waals surface area contributed by atoms with Crippen molar-refractivity contribution in [1.29, 1.82) is 0 Å². The Bertz CT molecular complexity index is 1420. The van der Waals surface area contributed by atoms with Crippen molar-refractivity contribution >= 4 is 29.1 Å². The van der Waals surface area contributed by atoms with Gasteiger partial charge in [-0.15, -0.1) is 0 Å². The van der Waals surface area contributed by atoms with Gasteiger partial charge >= 0.3 is 5.97 Å². The molecule has 7 heteroatoms. The van der Waals surface area contributed by atoms with Gasteiger partial charge in [-0.1, -0.05) is 24.3 Å². The first kappa shape index (κ1) is 19.7. The van der Waals surface area contributed by atoms with Gasteiger partial charge in [-0.2, -0.15) is 0 Å². The quantitative estimate of drug-likeness (QED) is 0.363. The lowest BCUT2D eigenvalue weighted by molar-refractivity contribution is 0.0468. The number of pyridine rings is 1. The first-order chi connectivity index (χ1) is 15.4. The molecular formula is C25H19N3O4. The number of imidazole rings is 1. The molecule has 3 heterocycles. The number of amides is 2. The van der Waals surface area contributed by atoms with Crippen molar-refractivity contribution in [1.82, 2.24) is 9.38 Å². The van der Waals surface area contributed by atoms with Crippen molar-refractivity contribution in [2.75, 3.05) is 4.90 Å². The van der Waals surface area contributed by atoms with Crippen LogP contribution in [-0.2, 0) is 11.3 Å². The molecule has 158 valence electrons. The maximum atomic E-state index is 13.0. The number of hydrogen-bond donors (Lipinski definition) is 0. The minimum absolute atomic E-state index is 0.000744. The standard InChI is InChI=1S/C25H19N3O4/c1-15-6-3-4-8-21(15)28-23(29)19-10-9-17(12-20(19)24(28)30)25(31)32-14-18-13-27-11-5-7-16(2)22(27)26-18/h3-13H,14H2,1-2H3. The summed E-state index contributed by atoms with van der Waals surface area (Å²) in [5.74, 6) is -1.44. The molecule has 0 fully saturated rings. The fraction of sp³-hybridized carbons (Fsp3) is 0.120. The molecule has 1 aliphatic heterocycles. The number of esters is 1. The maximum Gasteiger partial charge on any atom is 0.338 e. The van der Waals surface area contributed by atoms with E-state index in [4.69, 9.17) is 4.74 Å². The lowest BCUT2D eigenvalue weighted by Crippen LogP contribution is -2.29. The molecule has 2 aromatic heterocycles. The highest BCUT2D eigenvalue weighted by Crippen LogP contribution is 2.31. The van der Waals surface area contributed by atoms with E-state index in [0.29, 0.717) is 11.4 Å². The zero-order chi connectivity index (χ0) is 22.4. The largest absolute Gasteiger partial charge is 0.456 e. The van der Waals surface area contributed by atoms with Crippen LogP contribution in [0.4, 0.5) is 5.69 Å². The van der Waals surface area contributed by atoms with Crippen molar-refractivity contribution in [3.8, 4) is 0 Å². The van der Waals surface area contributed by atoms with Crippen LogP contribution in [0.5, 0.6) is 0 Å². The van der Waals surface area contributed by atoms with Crippen LogP contribution in [0.25, 0.3) is 5.65 Å². The summed E-state index contributed by atoms with van der Waals surface area (Å²) in [6, 6.07) is 15.5. The molecule has 0 unspecified atom stereocenters. The van der Waals surface area contributed by atoms with Crippen LogP contribution >= 0.6 is 0 Å². The summed E-state index contributed by atoms with van der Waals surface area (Å²) in [6.07, 6.45) is 3.69. The second-order valence-electron chi connectivity index (χ2n) is 7.72. The molecule has 0 N–H and O–H groups in total. The van der Waals surface area contributed by atoms with Gasteiger partial charge < -0.3 is 9.14 Å². The number of hydrogen-bond acceptors (Lipinski definition) is 5. The van der Waals surface area contributed by atoms with Gasteiger partial charge in [0.1, 0.15) is 12.3 Å². The van der Waals surface area contributed by atoms with Crippen LogP contribution in [0.1, 0.15) is 47.9 Å². The number of rotatable bonds is 4. The molecule has 1 aliphatic rings. The maximum absolute atomic E-state index is 13.0. The average molecular weight is 425 g/mol. The summed E-state index contributed by atoms with van der Waals surface area (Å²) < 4.78 is 7.28. The number of para-hydroxylation sites is 1. The van der Waals surface area contributed by atoms with Gasteiger partial charge in [0.05, 0.1) is 28.1 Å². The highest BCUT2D eigenvalue weighted by atomic mass is 16.5. The molecule has 2 amide bonds. The SMILES string of the molecule is Cc1ccccc1N1C(=O)c2ccc(C(=O)OCc3cn4cccc(C)c4n3)cc2C1=O. The number of carbonyl (C=O) groups excluding carboxylic acids is 3. The normalized spacial score (nSPS) is 13.0. The molecule has 0 bridgehead atoms. The van der Waals surface area contributed by atoms with Gasteiger partial charge in [-0.3, -0.25) is 9.59 Å². The smallest absolute Gasteiger partial charge is 0.338 e. The molecule has 0 spiro atoms. The van der Waals surface area contributed by atoms with Crippen LogP contribution in [-0.4, -0.2) is 27.2 Å². The molecular weight excluding hydrogens is 406 g/mol. The van der Waals surface area contributed by atoms with Crippen molar-refractivity contribution in [3.05, 3.63) is 101 Å². The number of fused-ring (bicyclic) bond motifs is 2. The number of carbonyl (C=O) groups is 3. The highest BCUT2D eigenvalue weighted by Gasteiger charge is 2.37. The summed E-state index contributed by atoms with van der Waals surface area (Å²) in [5.41, 5.74) is 4.44. The van der Waals surface area contributed by atoms with Crippen LogP contribution in [0.3, 0.4) is 0 Å². The molecule has 0 aliphatic carbocycles. The summed E-state index contributed by atoms with van der Waals surface area (Å²) >= 11 is 0. The fourth-order valence-corrected chi connectivity index (χ4v) is 3.90. The van der Waals surface area contributed by atoms with Gasteiger partial charge in [-0.25, -0.2) is 14.7 Å². The highest BCUT2D eigenvalue weighted by molar-refractivity contribution is 6.34. The van der Waals surface area contributed by atoms with E-state index in [-0.39, 0.29) is 23.3 Å². The first-order valence-electron chi connectivity index (χ1n) is 10.1. The van der Waals surface area contributed by atoms with Crippen LogP contribution in [0.2, 0.25) is 0 Å². The van der Waals surface area contributed by atoms with E-state index in [1.54, 1.807) is 18.3 Å². The molecule has 7 nitrogen and oxygen atoms in total. The fourth-order valence-electron chi connectivity index (χ4n) is 3.90. The topological polar surface area (TPSA) is 81.0 Å². The van der Waals surface area contributed by atoms with Gasteiger partial charge in [0.2, 0.25) is 0 Å². The average Bonchev–Trinajstić information content (AvgIpc) is 3.32. The van der Waals surface area contributed by atoms with Gasteiger partial charge in [0.25, 0.3) is 11.8 Å². The number of imide groups is 1. The molecule has 4 aromatic rings.